The number of nitrogens with zero attached hydrogens (tertiary/aromatic N) is 2. The average Bonchev–Trinajstić information content (AvgIpc) is 3.22. The van der Waals surface area contributed by atoms with E-state index in [-0.39, 0.29) is 41.2 Å². The molecule has 2 aliphatic heterocycles. The molecule has 1 aliphatic carbocycles. The fourth-order valence-electron chi connectivity index (χ4n) is 4.33. The van der Waals surface area contributed by atoms with Gasteiger partial charge in [0.1, 0.15) is 0 Å². The monoisotopic (exact) mass is 356 g/mol. The number of amides is 2. The molecular weight excluding hydrogens is 328 g/mol. The molecular formula is C17H28N2O4S. The van der Waals surface area contributed by atoms with Crippen LogP contribution in [0, 0.1) is 11.8 Å². The number of carbonyl (C=O) groups is 2. The minimum atomic E-state index is -2.98. The van der Waals surface area contributed by atoms with Gasteiger partial charge in [-0.2, -0.15) is 0 Å². The number of carbonyl (C=O) groups excluding carboxylic acids is 2. The molecule has 136 valence electrons. The summed E-state index contributed by atoms with van der Waals surface area (Å²) in [6.45, 7) is 1.77. The van der Waals surface area contributed by atoms with Gasteiger partial charge in [-0.05, 0) is 44.9 Å². The van der Waals surface area contributed by atoms with E-state index >= 15 is 0 Å². The molecule has 3 fully saturated rings. The second kappa shape index (κ2) is 7.02. The highest BCUT2D eigenvalue weighted by Crippen LogP contribution is 2.32. The van der Waals surface area contributed by atoms with E-state index in [1.54, 1.807) is 11.9 Å². The van der Waals surface area contributed by atoms with E-state index < -0.39 is 9.84 Å². The van der Waals surface area contributed by atoms with E-state index in [1.807, 2.05) is 4.90 Å². The summed E-state index contributed by atoms with van der Waals surface area (Å²) < 4.78 is 23.2. The van der Waals surface area contributed by atoms with Crippen LogP contribution in [-0.4, -0.2) is 67.7 Å². The van der Waals surface area contributed by atoms with Crippen molar-refractivity contribution in [3.8, 4) is 0 Å². The molecule has 3 rings (SSSR count). The second-order valence-electron chi connectivity index (χ2n) is 7.59. The molecule has 2 heterocycles. The molecule has 2 saturated heterocycles. The molecule has 1 saturated carbocycles. The summed E-state index contributed by atoms with van der Waals surface area (Å²) in [6.07, 6.45) is 5.81. The van der Waals surface area contributed by atoms with Crippen LogP contribution in [0.25, 0.3) is 0 Å². The summed E-state index contributed by atoms with van der Waals surface area (Å²) in [5.41, 5.74) is 0. The van der Waals surface area contributed by atoms with Gasteiger partial charge >= 0.3 is 0 Å². The van der Waals surface area contributed by atoms with E-state index in [0.717, 1.165) is 51.6 Å². The molecule has 6 nitrogen and oxygen atoms in total. The number of sulfone groups is 1. The van der Waals surface area contributed by atoms with Gasteiger partial charge in [-0.1, -0.05) is 0 Å². The van der Waals surface area contributed by atoms with Crippen LogP contribution in [0.1, 0.15) is 44.9 Å². The highest BCUT2D eigenvalue weighted by atomic mass is 32.2. The molecule has 2 amide bonds. The van der Waals surface area contributed by atoms with Crippen LogP contribution in [-0.2, 0) is 19.4 Å². The van der Waals surface area contributed by atoms with E-state index in [4.69, 9.17) is 0 Å². The first-order valence-electron chi connectivity index (χ1n) is 9.13. The molecule has 0 radical (unpaired) electrons. The summed E-state index contributed by atoms with van der Waals surface area (Å²) in [4.78, 5) is 28.7. The van der Waals surface area contributed by atoms with Gasteiger partial charge in [0, 0.05) is 38.0 Å². The lowest BCUT2D eigenvalue weighted by molar-refractivity contribution is -0.141. The zero-order valence-electron chi connectivity index (χ0n) is 14.4. The third-order valence-electron chi connectivity index (χ3n) is 5.95. The number of hydrogen-bond donors (Lipinski definition) is 0. The smallest absolute Gasteiger partial charge is 0.225 e. The Balaban J connectivity index is 1.50. The van der Waals surface area contributed by atoms with Gasteiger partial charge in [0.05, 0.1) is 11.5 Å². The summed E-state index contributed by atoms with van der Waals surface area (Å²) >= 11 is 0. The largest absolute Gasteiger partial charge is 0.342 e. The Morgan fingerprint density at radius 2 is 1.54 bits per heavy atom. The first-order valence-corrected chi connectivity index (χ1v) is 11.0. The minimum absolute atomic E-state index is 0.0547. The SMILES string of the molecule is CN(C(=O)C1CCC(C(=O)N2CCCC2)CC1)C1CCS(=O)(=O)C1. The normalized spacial score (nSPS) is 32.7. The van der Waals surface area contributed by atoms with Crippen molar-refractivity contribution in [3.63, 3.8) is 0 Å². The zero-order valence-corrected chi connectivity index (χ0v) is 15.3. The third-order valence-corrected chi connectivity index (χ3v) is 7.70. The van der Waals surface area contributed by atoms with Crippen molar-refractivity contribution in [2.75, 3.05) is 31.6 Å². The topological polar surface area (TPSA) is 74.8 Å². The van der Waals surface area contributed by atoms with E-state index in [9.17, 15) is 18.0 Å². The molecule has 0 N–H and O–H groups in total. The summed E-state index contributed by atoms with van der Waals surface area (Å²) in [7, 11) is -1.25. The molecule has 3 aliphatic rings. The third kappa shape index (κ3) is 3.76. The van der Waals surface area contributed by atoms with Gasteiger partial charge in [0.2, 0.25) is 11.8 Å². The van der Waals surface area contributed by atoms with Crippen molar-refractivity contribution in [1.82, 2.24) is 9.80 Å². The van der Waals surface area contributed by atoms with Crippen molar-refractivity contribution < 1.29 is 18.0 Å². The second-order valence-corrected chi connectivity index (χ2v) is 9.82. The van der Waals surface area contributed by atoms with Crippen molar-refractivity contribution in [2.24, 2.45) is 11.8 Å². The molecule has 24 heavy (non-hydrogen) atoms. The highest BCUT2D eigenvalue weighted by molar-refractivity contribution is 7.91. The molecule has 0 aromatic heterocycles. The highest BCUT2D eigenvalue weighted by Gasteiger charge is 2.37. The number of rotatable bonds is 3. The van der Waals surface area contributed by atoms with Gasteiger partial charge in [-0.15, -0.1) is 0 Å². The first-order chi connectivity index (χ1) is 11.4. The average molecular weight is 356 g/mol. The van der Waals surface area contributed by atoms with Crippen molar-refractivity contribution in [2.45, 2.75) is 51.0 Å². The van der Waals surface area contributed by atoms with E-state index in [1.165, 1.54) is 0 Å². The van der Waals surface area contributed by atoms with Crippen LogP contribution in [0.5, 0.6) is 0 Å². The summed E-state index contributed by atoms with van der Waals surface area (Å²) in [5.74, 6) is 0.632. The Bertz CT molecular complexity index is 590. The fraction of sp³-hybridized carbons (Fsp3) is 0.882. The molecule has 7 heteroatoms. The van der Waals surface area contributed by atoms with E-state index in [0.29, 0.717) is 6.42 Å². The van der Waals surface area contributed by atoms with Gasteiger partial charge in [-0.3, -0.25) is 9.59 Å². The number of hydrogen-bond acceptors (Lipinski definition) is 4. The maximum absolute atomic E-state index is 12.7. The Kier molecular flexibility index (Phi) is 5.18. The Morgan fingerprint density at radius 3 is 2.08 bits per heavy atom. The summed E-state index contributed by atoms with van der Waals surface area (Å²) in [5, 5.41) is 0. The Labute approximate surface area is 144 Å². The van der Waals surface area contributed by atoms with Crippen LogP contribution in [0.4, 0.5) is 0 Å². The van der Waals surface area contributed by atoms with Crippen molar-refractivity contribution >= 4 is 21.7 Å². The van der Waals surface area contributed by atoms with Crippen LogP contribution < -0.4 is 0 Å². The first kappa shape index (κ1) is 17.7. The molecule has 0 aromatic carbocycles. The fourth-order valence-corrected chi connectivity index (χ4v) is 6.11. The Hall–Kier alpha value is -1.11. The van der Waals surface area contributed by atoms with Crippen molar-refractivity contribution in [1.29, 1.82) is 0 Å². The minimum Gasteiger partial charge on any atom is -0.342 e. The lowest BCUT2D eigenvalue weighted by Crippen LogP contribution is -2.43. The molecule has 0 aromatic rings. The van der Waals surface area contributed by atoms with E-state index in [2.05, 4.69) is 0 Å². The zero-order chi connectivity index (χ0) is 17.3. The maximum Gasteiger partial charge on any atom is 0.225 e. The molecule has 0 spiro atoms. The van der Waals surface area contributed by atoms with Gasteiger partial charge in [0.15, 0.2) is 9.84 Å². The standard InChI is InChI=1S/C17H28N2O4S/c1-18(15-8-11-24(22,23)12-15)16(20)13-4-6-14(7-5-13)17(21)19-9-2-3-10-19/h13-15H,2-12H2,1H3. The van der Waals surface area contributed by atoms with Crippen LogP contribution in [0.15, 0.2) is 0 Å². The summed E-state index contributed by atoms with van der Waals surface area (Å²) in [6, 6.07) is -0.175. The van der Waals surface area contributed by atoms with Gasteiger partial charge in [0.25, 0.3) is 0 Å². The van der Waals surface area contributed by atoms with Crippen LogP contribution in [0.2, 0.25) is 0 Å². The predicted octanol–water partition coefficient (Wildman–Crippen LogP) is 1.06. The lowest BCUT2D eigenvalue weighted by Gasteiger charge is -2.33. The van der Waals surface area contributed by atoms with Gasteiger partial charge < -0.3 is 9.80 Å². The molecule has 0 bridgehead atoms. The molecule has 1 atom stereocenters. The lowest BCUT2D eigenvalue weighted by atomic mass is 9.80. The molecule has 1 unspecified atom stereocenters. The number of likely N-dealkylation sites (tertiary alicyclic amines) is 1. The maximum atomic E-state index is 12.7. The van der Waals surface area contributed by atoms with Crippen LogP contribution >= 0.6 is 0 Å². The van der Waals surface area contributed by atoms with Gasteiger partial charge in [-0.25, -0.2) is 8.42 Å². The predicted molar refractivity (Wildman–Crippen MR) is 91.1 cm³/mol. The Morgan fingerprint density at radius 1 is 0.958 bits per heavy atom. The van der Waals surface area contributed by atoms with Crippen molar-refractivity contribution in [3.05, 3.63) is 0 Å². The quantitative estimate of drug-likeness (QED) is 0.758. The van der Waals surface area contributed by atoms with Crippen LogP contribution in [0.3, 0.4) is 0 Å².